The molecule has 2 atom stereocenters. The van der Waals surface area contributed by atoms with E-state index in [-0.39, 0.29) is 34.2 Å². The smallest absolute Gasteiger partial charge is 0.362 e. The number of amides is 2. The number of nitrogens with zero attached hydrogens (tertiary/aromatic N) is 6. The van der Waals surface area contributed by atoms with Crippen molar-refractivity contribution in [2.24, 2.45) is 10.9 Å². The van der Waals surface area contributed by atoms with E-state index >= 15 is 0 Å². The van der Waals surface area contributed by atoms with E-state index in [4.69, 9.17) is 21.7 Å². The number of oxime groups is 1. The minimum atomic E-state index is -5.02. The molecule has 0 aromatic carbocycles. The van der Waals surface area contributed by atoms with Crippen LogP contribution in [0.5, 0.6) is 0 Å². The summed E-state index contributed by atoms with van der Waals surface area (Å²) in [4.78, 5) is 47.0. The number of carbonyl (C=O) groups is 3. The van der Waals surface area contributed by atoms with Crippen LogP contribution in [0, 0.1) is 5.41 Å². The van der Waals surface area contributed by atoms with Gasteiger partial charge in [0.1, 0.15) is 23.5 Å². The molecule has 2 aromatic rings. The minimum Gasteiger partial charge on any atom is -0.478 e. The van der Waals surface area contributed by atoms with Gasteiger partial charge in [-0.1, -0.05) is 5.16 Å². The summed E-state index contributed by atoms with van der Waals surface area (Å²) >= 11 is 0.943. The summed E-state index contributed by atoms with van der Waals surface area (Å²) in [5.41, 5.74) is 8.66. The molecule has 21 heteroatoms. The van der Waals surface area contributed by atoms with E-state index in [1.807, 2.05) is 0 Å². The molecule has 2 aromatic heterocycles. The Morgan fingerprint density at radius 2 is 2.08 bits per heavy atom. The maximum Gasteiger partial charge on any atom is 0.362 e. The molecule has 0 radical (unpaired) electrons. The van der Waals surface area contributed by atoms with Crippen molar-refractivity contribution in [1.29, 1.82) is 5.41 Å². The number of hydrogen-bond donors (Lipinski definition) is 7. The zero-order valence-corrected chi connectivity index (χ0v) is 21.4. The maximum absolute atomic E-state index is 13.1. The number of aliphatic carboxylic acids is 1. The molecule has 1 aliphatic rings. The third-order valence-electron chi connectivity index (χ3n) is 4.96. The van der Waals surface area contributed by atoms with E-state index in [1.165, 1.54) is 25.4 Å². The molecule has 0 bridgehead atoms. The van der Waals surface area contributed by atoms with Gasteiger partial charge in [0.25, 0.3) is 11.8 Å². The summed E-state index contributed by atoms with van der Waals surface area (Å²) in [5.74, 6) is -3.95. The van der Waals surface area contributed by atoms with Gasteiger partial charge in [-0.15, -0.1) is 11.3 Å². The summed E-state index contributed by atoms with van der Waals surface area (Å²) in [6.07, 6.45) is 1.29. The van der Waals surface area contributed by atoms with Crippen LogP contribution in [0.1, 0.15) is 25.2 Å². The molecule has 0 aliphatic carbocycles. The van der Waals surface area contributed by atoms with E-state index in [0.717, 1.165) is 16.1 Å². The fraction of sp³-hybridized carbons (Fsp3) is 0.412. The first-order chi connectivity index (χ1) is 17.6. The lowest BCUT2D eigenvalue weighted by molar-refractivity contribution is -0.161. The lowest BCUT2D eigenvalue weighted by Gasteiger charge is -2.43. The van der Waals surface area contributed by atoms with E-state index in [2.05, 4.69) is 31.0 Å². The summed E-state index contributed by atoms with van der Waals surface area (Å²) in [6.45, 7) is 2.01. The van der Waals surface area contributed by atoms with E-state index < -0.39 is 51.5 Å². The van der Waals surface area contributed by atoms with Crippen LogP contribution in [0.15, 0.2) is 16.7 Å². The molecule has 19 nitrogen and oxygen atoms in total. The SMILES string of the molecule is CC(C)(O/N=C(\C(=O)N[C@@H]1C(=O)N(S(=O)(=O)O)[C@@H]1Cn1ncc(CNC(=N)N)n1)c1csc(N)n1)C(=O)O. The Labute approximate surface area is 218 Å². The van der Waals surface area contributed by atoms with Crippen LogP contribution in [0.25, 0.3) is 0 Å². The Balaban J connectivity index is 1.85. The van der Waals surface area contributed by atoms with Crippen molar-refractivity contribution in [2.45, 2.75) is 44.6 Å². The van der Waals surface area contributed by atoms with Gasteiger partial charge in [0.15, 0.2) is 16.8 Å². The number of hydrogen-bond acceptors (Lipinski definition) is 13. The molecule has 206 valence electrons. The van der Waals surface area contributed by atoms with Gasteiger partial charge in [0.05, 0.1) is 19.3 Å². The molecule has 1 fully saturated rings. The number of rotatable bonds is 11. The molecule has 1 aliphatic heterocycles. The summed E-state index contributed by atoms with van der Waals surface area (Å²) in [7, 11) is -5.02. The standard InChI is InChI=1S/C17H23N11O8S2/c1-17(2,14(31)32)36-26-10(8-6-37-16(20)23-8)12(29)24-11-9(28(13(11)30)38(33,34)35)5-27-22-4-7(25-27)3-21-15(18)19/h4,6,9,11H,3,5H2,1-2H3,(H2,20,23)(H,24,29)(H,31,32)(H4,18,19,21)(H,33,34,35)/b26-10-/t9-,11+/m1/s1. The van der Waals surface area contributed by atoms with E-state index in [9.17, 15) is 32.5 Å². The number of carbonyl (C=O) groups excluding carboxylic acids is 2. The minimum absolute atomic E-state index is 0.0321. The maximum atomic E-state index is 13.1. The first-order valence-corrected chi connectivity index (χ1v) is 12.7. The third kappa shape index (κ3) is 6.30. The lowest BCUT2D eigenvalue weighted by Crippen LogP contribution is -2.73. The number of nitrogens with two attached hydrogens (primary N) is 2. The molecule has 38 heavy (non-hydrogen) atoms. The van der Waals surface area contributed by atoms with E-state index in [0.29, 0.717) is 5.69 Å². The van der Waals surface area contributed by atoms with Gasteiger partial charge in [-0.25, -0.2) is 14.1 Å². The topological polar surface area (TPSA) is 294 Å². The highest BCUT2D eigenvalue weighted by Gasteiger charge is 2.54. The van der Waals surface area contributed by atoms with Gasteiger partial charge in [-0.05, 0) is 13.8 Å². The number of anilines is 1. The average Bonchev–Trinajstić information content (AvgIpc) is 3.43. The highest BCUT2D eigenvalue weighted by Crippen LogP contribution is 2.25. The number of thiazole rings is 1. The van der Waals surface area contributed by atoms with Crippen molar-refractivity contribution >= 4 is 56.2 Å². The van der Waals surface area contributed by atoms with Crippen LogP contribution in [0.4, 0.5) is 5.13 Å². The van der Waals surface area contributed by atoms with Crippen molar-refractivity contribution in [1.82, 2.24) is 34.9 Å². The van der Waals surface area contributed by atoms with Crippen molar-refractivity contribution in [2.75, 3.05) is 5.73 Å². The van der Waals surface area contributed by atoms with Crippen LogP contribution in [-0.2, 0) is 42.6 Å². The third-order valence-corrected chi connectivity index (χ3v) is 6.58. The van der Waals surface area contributed by atoms with Gasteiger partial charge in [-0.2, -0.15) is 23.4 Å². The molecule has 9 N–H and O–H groups in total. The molecule has 2 amide bonds. The van der Waals surface area contributed by atoms with Gasteiger partial charge >= 0.3 is 16.3 Å². The number of carboxylic acid groups (broad SMARTS) is 1. The molecule has 3 heterocycles. The van der Waals surface area contributed by atoms with E-state index in [1.54, 1.807) is 0 Å². The average molecular weight is 574 g/mol. The second-order valence-corrected chi connectivity index (χ2v) is 10.4. The zero-order chi connectivity index (χ0) is 28.4. The predicted octanol–water partition coefficient (Wildman–Crippen LogP) is -2.92. The van der Waals surface area contributed by atoms with Gasteiger partial charge in [-0.3, -0.25) is 19.6 Å². The Morgan fingerprint density at radius 3 is 2.63 bits per heavy atom. The molecule has 3 rings (SSSR count). The summed E-state index contributed by atoms with van der Waals surface area (Å²) < 4.78 is 33.3. The van der Waals surface area contributed by atoms with Crippen LogP contribution >= 0.6 is 11.3 Å². The normalized spacial score (nSPS) is 18.0. The fourth-order valence-corrected chi connectivity index (χ4v) is 4.42. The zero-order valence-electron chi connectivity index (χ0n) is 19.7. The largest absolute Gasteiger partial charge is 0.478 e. The number of nitrogens with one attached hydrogen (secondary N) is 3. The van der Waals surface area contributed by atoms with Crippen molar-refractivity contribution in [3.05, 3.63) is 23.0 Å². The van der Waals surface area contributed by atoms with Crippen molar-refractivity contribution < 1.29 is 37.3 Å². The number of carboxylic acids is 1. The van der Waals surface area contributed by atoms with Crippen LogP contribution in [0.2, 0.25) is 0 Å². The van der Waals surface area contributed by atoms with Crippen LogP contribution in [-0.4, -0.2) is 89.5 Å². The first kappa shape index (κ1) is 28.2. The molecule has 0 unspecified atom stereocenters. The van der Waals surface area contributed by atoms with Crippen LogP contribution < -0.4 is 22.1 Å². The highest BCUT2D eigenvalue weighted by molar-refractivity contribution is 7.84. The highest BCUT2D eigenvalue weighted by atomic mass is 32.2. The number of aromatic nitrogens is 4. The fourth-order valence-electron chi connectivity index (χ4n) is 3.01. The number of guanidine groups is 1. The first-order valence-electron chi connectivity index (χ1n) is 10.4. The Morgan fingerprint density at radius 1 is 1.39 bits per heavy atom. The Hall–Kier alpha value is -4.37. The van der Waals surface area contributed by atoms with Gasteiger partial charge in [0.2, 0.25) is 5.60 Å². The van der Waals surface area contributed by atoms with Gasteiger partial charge in [0, 0.05) is 5.38 Å². The molecule has 0 spiro atoms. The second-order valence-electron chi connectivity index (χ2n) is 8.21. The monoisotopic (exact) mass is 573 g/mol. The van der Waals surface area contributed by atoms with Gasteiger partial charge < -0.3 is 32.0 Å². The van der Waals surface area contributed by atoms with Crippen molar-refractivity contribution in [3.63, 3.8) is 0 Å². The molecule has 0 saturated carbocycles. The van der Waals surface area contributed by atoms with Crippen molar-refractivity contribution in [3.8, 4) is 0 Å². The second kappa shape index (κ2) is 10.5. The quantitative estimate of drug-likeness (QED) is 0.0466. The van der Waals surface area contributed by atoms with Crippen LogP contribution in [0.3, 0.4) is 0 Å². The Bertz CT molecular complexity index is 1400. The number of nitrogen functional groups attached to an aromatic ring is 1. The molecular weight excluding hydrogens is 550 g/mol. The summed E-state index contributed by atoms with van der Waals surface area (Å²) in [6, 6.07) is -2.86. The molecular formula is C17H23N11O8S2. The lowest BCUT2D eigenvalue weighted by atomic mass is 9.98. The predicted molar refractivity (Wildman–Crippen MR) is 129 cm³/mol. The molecule has 1 saturated heterocycles. The number of β-lactam (4-membered cyclic amide) rings is 1. The summed E-state index contributed by atoms with van der Waals surface area (Å²) in [5, 5.41) is 34.2. The Kier molecular flexibility index (Phi) is 7.83.